The Bertz CT molecular complexity index is 1320. The molecule has 3 aromatic carbocycles. The van der Waals surface area contributed by atoms with Crippen LogP contribution in [0, 0.1) is 24.6 Å². The van der Waals surface area contributed by atoms with Gasteiger partial charge < -0.3 is 9.47 Å². The number of aryl methyl sites for hydroxylation is 2. The van der Waals surface area contributed by atoms with Crippen molar-refractivity contribution < 1.29 is 35.8 Å². The quantitative estimate of drug-likeness (QED) is 0.177. The fourth-order valence-electron chi connectivity index (χ4n) is 5.46. The van der Waals surface area contributed by atoms with Gasteiger partial charge in [-0.3, -0.25) is 0 Å². The zero-order chi connectivity index (χ0) is 29.8. The van der Waals surface area contributed by atoms with E-state index in [1.165, 1.54) is 25.1 Å². The van der Waals surface area contributed by atoms with Gasteiger partial charge in [0.2, 0.25) is 0 Å². The summed E-state index contributed by atoms with van der Waals surface area (Å²) in [6.07, 6.45) is -3.87. The highest BCUT2D eigenvalue weighted by atomic mass is 19.4. The Hall–Kier alpha value is -3.42. The van der Waals surface area contributed by atoms with Crippen molar-refractivity contribution in [2.45, 2.75) is 64.7 Å². The fraction of sp³-hybridized carbons (Fsp3) is 0.394. The van der Waals surface area contributed by atoms with Gasteiger partial charge in [0.05, 0.1) is 18.1 Å². The average Bonchev–Trinajstić information content (AvgIpc) is 2.94. The van der Waals surface area contributed by atoms with E-state index in [0.717, 1.165) is 16.7 Å². The lowest BCUT2D eigenvalue weighted by molar-refractivity contribution is -0.222. The van der Waals surface area contributed by atoms with Gasteiger partial charge in [-0.15, -0.1) is 6.58 Å². The van der Waals surface area contributed by atoms with Crippen LogP contribution in [0.2, 0.25) is 0 Å². The standard InChI is InChI=1S/C33H34F6O2/c1-4-22-8-15-26(16-9-22)33(38,39)41-27-17-13-25(14-18-27)24-11-6-23(7-12-24)10-19-28-21(3)20-29(40-5-2)31(34)30(28)32(35,36)37/h4,6-7,11-14,17-18,20,22,26H,1,5,8-10,15-16,19H2,2-3H3. The van der Waals surface area contributed by atoms with Crippen molar-refractivity contribution >= 4 is 0 Å². The maximum atomic E-state index is 14.7. The van der Waals surface area contributed by atoms with E-state index in [4.69, 9.17) is 9.47 Å². The van der Waals surface area contributed by atoms with Crippen LogP contribution in [-0.2, 0) is 19.0 Å². The number of alkyl halides is 5. The van der Waals surface area contributed by atoms with Crippen molar-refractivity contribution in [2.24, 2.45) is 11.8 Å². The molecule has 0 heterocycles. The summed E-state index contributed by atoms with van der Waals surface area (Å²) in [5.74, 6) is -2.26. The molecule has 0 bridgehead atoms. The van der Waals surface area contributed by atoms with E-state index in [-0.39, 0.29) is 36.7 Å². The highest BCUT2D eigenvalue weighted by molar-refractivity contribution is 5.64. The molecule has 0 saturated heterocycles. The number of rotatable bonds is 10. The van der Waals surface area contributed by atoms with E-state index in [9.17, 15) is 26.3 Å². The fourth-order valence-corrected chi connectivity index (χ4v) is 5.46. The van der Waals surface area contributed by atoms with Crippen LogP contribution < -0.4 is 9.47 Å². The molecule has 1 aliphatic rings. The van der Waals surface area contributed by atoms with Crippen molar-refractivity contribution in [3.63, 3.8) is 0 Å². The summed E-state index contributed by atoms with van der Waals surface area (Å²) in [6, 6.07) is 14.9. The molecule has 0 aliphatic heterocycles. The van der Waals surface area contributed by atoms with Crippen molar-refractivity contribution in [3.05, 3.63) is 95.3 Å². The molecule has 0 aromatic heterocycles. The zero-order valence-electron chi connectivity index (χ0n) is 23.2. The number of hydrogen-bond donors (Lipinski definition) is 0. The highest BCUT2D eigenvalue weighted by Gasteiger charge is 2.43. The first-order valence-electron chi connectivity index (χ1n) is 13.8. The van der Waals surface area contributed by atoms with Crippen LogP contribution in [-0.4, -0.2) is 12.7 Å². The molecule has 0 radical (unpaired) electrons. The predicted octanol–water partition coefficient (Wildman–Crippen LogP) is 9.97. The van der Waals surface area contributed by atoms with Gasteiger partial charge in [0.15, 0.2) is 11.6 Å². The summed E-state index contributed by atoms with van der Waals surface area (Å²) in [7, 11) is 0. The van der Waals surface area contributed by atoms with Crippen molar-refractivity contribution in [2.75, 3.05) is 6.61 Å². The summed E-state index contributed by atoms with van der Waals surface area (Å²) in [4.78, 5) is 0. The minimum absolute atomic E-state index is 0.00116. The average molecular weight is 577 g/mol. The molecule has 1 fully saturated rings. The molecule has 0 N–H and O–H groups in total. The van der Waals surface area contributed by atoms with Gasteiger partial charge in [-0.2, -0.15) is 22.0 Å². The first-order valence-corrected chi connectivity index (χ1v) is 13.8. The Kier molecular flexibility index (Phi) is 9.40. The van der Waals surface area contributed by atoms with E-state index in [2.05, 4.69) is 6.58 Å². The Morgan fingerprint density at radius 2 is 1.46 bits per heavy atom. The lowest BCUT2D eigenvalue weighted by Gasteiger charge is -2.32. The van der Waals surface area contributed by atoms with Crippen LogP contribution in [0.1, 0.15) is 54.9 Å². The van der Waals surface area contributed by atoms with Gasteiger partial charge in [-0.25, -0.2) is 4.39 Å². The summed E-state index contributed by atoms with van der Waals surface area (Å²) in [5, 5.41) is 0. The molecule has 220 valence electrons. The van der Waals surface area contributed by atoms with Crippen LogP contribution in [0.15, 0.2) is 67.3 Å². The molecule has 4 rings (SSSR count). The minimum atomic E-state index is -4.86. The van der Waals surface area contributed by atoms with Gasteiger partial charge >= 0.3 is 12.3 Å². The van der Waals surface area contributed by atoms with Gasteiger partial charge in [-0.05, 0) is 104 Å². The van der Waals surface area contributed by atoms with Crippen molar-refractivity contribution in [3.8, 4) is 22.6 Å². The molecule has 1 saturated carbocycles. The number of allylic oxidation sites excluding steroid dienone is 1. The van der Waals surface area contributed by atoms with E-state index in [1.54, 1.807) is 31.2 Å². The van der Waals surface area contributed by atoms with Crippen LogP contribution in [0.25, 0.3) is 11.1 Å². The summed E-state index contributed by atoms with van der Waals surface area (Å²) in [6.45, 7) is 6.91. The van der Waals surface area contributed by atoms with Gasteiger partial charge in [-0.1, -0.05) is 42.5 Å². The molecule has 1 aliphatic carbocycles. The summed E-state index contributed by atoms with van der Waals surface area (Å²) < 4.78 is 95.7. The topological polar surface area (TPSA) is 18.5 Å². The summed E-state index contributed by atoms with van der Waals surface area (Å²) in [5.41, 5.74) is 1.31. The first kappa shape index (κ1) is 30.5. The molecule has 8 heteroatoms. The monoisotopic (exact) mass is 576 g/mol. The van der Waals surface area contributed by atoms with Gasteiger partial charge in [0.1, 0.15) is 5.75 Å². The smallest absolute Gasteiger partial charge is 0.419 e. The number of hydrogen-bond acceptors (Lipinski definition) is 2. The third-order valence-electron chi connectivity index (χ3n) is 7.78. The maximum absolute atomic E-state index is 14.7. The third kappa shape index (κ3) is 7.27. The van der Waals surface area contributed by atoms with Crippen LogP contribution in [0.3, 0.4) is 0 Å². The Labute approximate surface area is 237 Å². The van der Waals surface area contributed by atoms with Gasteiger partial charge in [0.25, 0.3) is 0 Å². The molecule has 3 aromatic rings. The zero-order valence-corrected chi connectivity index (χ0v) is 23.2. The number of ether oxygens (including phenoxy) is 2. The van der Waals surface area contributed by atoms with Crippen molar-refractivity contribution in [1.82, 2.24) is 0 Å². The second kappa shape index (κ2) is 12.6. The Balaban J connectivity index is 1.42. The second-order valence-electron chi connectivity index (χ2n) is 10.5. The number of halogens is 6. The van der Waals surface area contributed by atoms with Crippen LogP contribution >= 0.6 is 0 Å². The lowest BCUT2D eigenvalue weighted by atomic mass is 9.81. The molecular weight excluding hydrogens is 542 g/mol. The van der Waals surface area contributed by atoms with Crippen molar-refractivity contribution in [1.29, 1.82) is 0 Å². The largest absolute Gasteiger partial charge is 0.491 e. The molecule has 0 atom stereocenters. The van der Waals surface area contributed by atoms with Gasteiger partial charge in [0, 0.05) is 0 Å². The van der Waals surface area contributed by atoms with Crippen LogP contribution in [0.4, 0.5) is 26.3 Å². The molecular formula is C33H34F6O2. The first-order chi connectivity index (χ1) is 19.4. The molecule has 41 heavy (non-hydrogen) atoms. The summed E-state index contributed by atoms with van der Waals surface area (Å²) >= 11 is 0. The predicted molar refractivity (Wildman–Crippen MR) is 148 cm³/mol. The van der Waals surface area contributed by atoms with E-state index < -0.39 is 35.3 Å². The number of benzene rings is 3. The second-order valence-corrected chi connectivity index (χ2v) is 10.5. The molecule has 0 amide bonds. The minimum Gasteiger partial charge on any atom is -0.491 e. The van der Waals surface area contributed by atoms with Crippen LogP contribution in [0.5, 0.6) is 11.5 Å². The van der Waals surface area contributed by atoms with E-state index in [0.29, 0.717) is 31.2 Å². The Morgan fingerprint density at radius 3 is 2.00 bits per heavy atom. The molecule has 0 unspecified atom stereocenters. The van der Waals surface area contributed by atoms with E-state index >= 15 is 0 Å². The maximum Gasteiger partial charge on any atom is 0.419 e. The highest BCUT2D eigenvalue weighted by Crippen LogP contribution is 2.41. The van der Waals surface area contributed by atoms with E-state index in [1.807, 2.05) is 18.2 Å². The third-order valence-corrected chi connectivity index (χ3v) is 7.78. The SMILES string of the molecule is C=CC1CCC(C(F)(F)Oc2ccc(-c3ccc(CCc4c(C)cc(OCC)c(F)c4C(F)(F)F)cc3)cc2)CC1. The lowest BCUT2D eigenvalue weighted by Crippen LogP contribution is -2.37. The normalized spacial score (nSPS) is 17.8. The molecule has 0 spiro atoms. The Morgan fingerprint density at radius 1 is 0.878 bits per heavy atom. The molecule has 2 nitrogen and oxygen atoms in total.